The molecule has 4 aromatic rings. The predicted octanol–water partition coefficient (Wildman–Crippen LogP) is 3.24. The molecule has 0 aliphatic heterocycles. The summed E-state index contributed by atoms with van der Waals surface area (Å²) in [6, 6.07) is 9.58. The summed E-state index contributed by atoms with van der Waals surface area (Å²) in [6.45, 7) is 0. The van der Waals surface area contributed by atoms with Gasteiger partial charge in [0.15, 0.2) is 5.13 Å². The van der Waals surface area contributed by atoms with Gasteiger partial charge < -0.3 is 4.98 Å². The highest BCUT2D eigenvalue weighted by molar-refractivity contribution is 7.13. The zero-order chi connectivity index (χ0) is 17.1. The number of aromatic amines is 1. The van der Waals surface area contributed by atoms with Gasteiger partial charge in [-0.3, -0.25) is 20.1 Å². The second kappa shape index (κ2) is 6.62. The molecule has 0 atom stereocenters. The summed E-state index contributed by atoms with van der Waals surface area (Å²) in [7, 11) is 0. The number of carbonyl (C=O) groups is 1. The highest BCUT2D eigenvalue weighted by Crippen LogP contribution is 2.25. The number of rotatable bonds is 4. The second-order valence-electron chi connectivity index (χ2n) is 5.06. The van der Waals surface area contributed by atoms with Crippen LogP contribution >= 0.6 is 11.3 Å². The molecule has 0 bridgehead atoms. The third-order valence-corrected chi connectivity index (χ3v) is 4.13. The van der Waals surface area contributed by atoms with Gasteiger partial charge in [0.25, 0.3) is 5.91 Å². The monoisotopic (exact) mass is 348 g/mol. The van der Waals surface area contributed by atoms with Crippen LogP contribution in [0.2, 0.25) is 0 Å². The number of thiazole rings is 1. The Kier molecular flexibility index (Phi) is 4.01. The molecule has 0 fully saturated rings. The average molecular weight is 348 g/mol. The fraction of sp³-hybridized carbons (Fsp3) is 0. The van der Waals surface area contributed by atoms with E-state index in [-0.39, 0.29) is 5.91 Å². The summed E-state index contributed by atoms with van der Waals surface area (Å²) in [6.07, 6.45) is 6.34. The molecule has 0 aliphatic carbocycles. The number of imidazole rings is 1. The number of hydrogen-bond donors (Lipinski definition) is 2. The van der Waals surface area contributed by atoms with E-state index in [0.717, 1.165) is 5.56 Å². The third-order valence-electron chi connectivity index (χ3n) is 3.44. The van der Waals surface area contributed by atoms with Crippen molar-refractivity contribution in [2.45, 2.75) is 0 Å². The van der Waals surface area contributed by atoms with Crippen LogP contribution in [0.3, 0.4) is 0 Å². The fourth-order valence-electron chi connectivity index (χ4n) is 2.32. The van der Waals surface area contributed by atoms with Crippen LogP contribution in [0.5, 0.6) is 0 Å². The topological polar surface area (TPSA) is 96.5 Å². The molecule has 25 heavy (non-hydrogen) atoms. The molecule has 0 aliphatic rings. The van der Waals surface area contributed by atoms with E-state index in [1.807, 2.05) is 30.3 Å². The van der Waals surface area contributed by atoms with E-state index in [2.05, 4.69) is 30.2 Å². The third kappa shape index (κ3) is 3.15. The van der Waals surface area contributed by atoms with Crippen LogP contribution < -0.4 is 5.32 Å². The van der Waals surface area contributed by atoms with Crippen LogP contribution in [-0.4, -0.2) is 30.8 Å². The van der Waals surface area contributed by atoms with Gasteiger partial charge in [-0.25, -0.2) is 9.97 Å². The lowest BCUT2D eigenvalue weighted by Crippen LogP contribution is -2.13. The van der Waals surface area contributed by atoms with E-state index in [1.165, 1.54) is 11.3 Å². The Balaban J connectivity index is 1.78. The molecule has 8 heteroatoms. The normalized spacial score (nSPS) is 10.6. The fourth-order valence-corrected chi connectivity index (χ4v) is 2.85. The summed E-state index contributed by atoms with van der Waals surface area (Å²) in [5.74, 6) is 0.260. The molecule has 1 amide bonds. The van der Waals surface area contributed by atoms with Crippen molar-refractivity contribution in [1.82, 2.24) is 24.9 Å². The van der Waals surface area contributed by atoms with E-state index in [1.54, 1.807) is 30.2 Å². The van der Waals surface area contributed by atoms with Gasteiger partial charge in [-0.1, -0.05) is 30.3 Å². The maximum absolute atomic E-state index is 12.7. The lowest BCUT2D eigenvalue weighted by atomic mass is 10.2. The van der Waals surface area contributed by atoms with Gasteiger partial charge in [0.2, 0.25) is 0 Å². The SMILES string of the molecule is O=C(Nc1nccs1)c1[nH]c(-c2ccccc2)nc1-c1cnccn1. The van der Waals surface area contributed by atoms with E-state index in [0.29, 0.717) is 28.0 Å². The van der Waals surface area contributed by atoms with Gasteiger partial charge in [-0.15, -0.1) is 11.3 Å². The van der Waals surface area contributed by atoms with Gasteiger partial charge in [0.1, 0.15) is 22.9 Å². The Morgan fingerprint density at radius 3 is 2.68 bits per heavy atom. The van der Waals surface area contributed by atoms with E-state index in [9.17, 15) is 4.79 Å². The molecule has 122 valence electrons. The summed E-state index contributed by atoms with van der Waals surface area (Å²) < 4.78 is 0. The molecular weight excluding hydrogens is 336 g/mol. The number of carbonyl (C=O) groups excluding carboxylic acids is 1. The van der Waals surface area contributed by atoms with Crippen molar-refractivity contribution < 1.29 is 4.79 Å². The Morgan fingerprint density at radius 2 is 1.96 bits per heavy atom. The molecule has 4 rings (SSSR count). The number of amides is 1. The van der Waals surface area contributed by atoms with Gasteiger partial charge in [-0.05, 0) is 0 Å². The highest BCUT2D eigenvalue weighted by Gasteiger charge is 2.21. The maximum Gasteiger partial charge on any atom is 0.276 e. The molecule has 0 unspecified atom stereocenters. The zero-order valence-electron chi connectivity index (χ0n) is 12.9. The van der Waals surface area contributed by atoms with Gasteiger partial charge in [-0.2, -0.15) is 0 Å². The first-order valence-corrected chi connectivity index (χ1v) is 8.32. The number of hydrogen-bond acceptors (Lipinski definition) is 6. The molecule has 2 N–H and O–H groups in total. The minimum atomic E-state index is -0.328. The summed E-state index contributed by atoms with van der Waals surface area (Å²) in [5.41, 5.74) is 2.15. The van der Waals surface area contributed by atoms with Crippen LogP contribution in [0.15, 0.2) is 60.5 Å². The van der Waals surface area contributed by atoms with Gasteiger partial charge in [0.05, 0.1) is 6.20 Å². The van der Waals surface area contributed by atoms with E-state index in [4.69, 9.17) is 0 Å². The molecule has 0 spiro atoms. The number of anilines is 1. The Bertz CT molecular complexity index is 983. The van der Waals surface area contributed by atoms with Crippen molar-refractivity contribution in [2.75, 3.05) is 5.32 Å². The second-order valence-corrected chi connectivity index (χ2v) is 5.95. The first kappa shape index (κ1) is 15.2. The number of nitrogens with one attached hydrogen (secondary N) is 2. The summed E-state index contributed by atoms with van der Waals surface area (Å²) in [4.78, 5) is 32.7. The highest BCUT2D eigenvalue weighted by atomic mass is 32.1. The summed E-state index contributed by atoms with van der Waals surface area (Å²) in [5, 5.41) is 5.07. The van der Waals surface area contributed by atoms with Crippen LogP contribution in [-0.2, 0) is 0 Å². The molecule has 7 nitrogen and oxygen atoms in total. The lowest BCUT2D eigenvalue weighted by Gasteiger charge is -2.01. The molecule has 3 heterocycles. The Labute approximate surface area is 146 Å². The van der Waals surface area contributed by atoms with Crippen LogP contribution in [0.4, 0.5) is 5.13 Å². The van der Waals surface area contributed by atoms with Gasteiger partial charge in [0, 0.05) is 29.5 Å². The smallest absolute Gasteiger partial charge is 0.276 e. The van der Waals surface area contributed by atoms with Crippen molar-refractivity contribution in [2.24, 2.45) is 0 Å². The van der Waals surface area contributed by atoms with Crippen LogP contribution in [0.1, 0.15) is 10.5 Å². The standard InChI is InChI=1S/C17H12N6OS/c24-16(23-17-20-8-9-25-17)14-13(12-10-18-6-7-19-12)21-15(22-14)11-4-2-1-3-5-11/h1-10H,(H,21,22)(H,20,23,24). The van der Waals surface area contributed by atoms with E-state index < -0.39 is 0 Å². The quantitative estimate of drug-likeness (QED) is 0.590. The van der Waals surface area contributed by atoms with Crippen LogP contribution in [0, 0.1) is 0 Å². The molecule has 3 aromatic heterocycles. The molecule has 0 radical (unpaired) electrons. The van der Waals surface area contributed by atoms with Crippen LogP contribution in [0.25, 0.3) is 22.8 Å². The van der Waals surface area contributed by atoms with Crippen molar-refractivity contribution in [1.29, 1.82) is 0 Å². The Morgan fingerprint density at radius 1 is 1.08 bits per heavy atom. The zero-order valence-corrected chi connectivity index (χ0v) is 13.7. The Hall–Kier alpha value is -3.39. The summed E-state index contributed by atoms with van der Waals surface area (Å²) >= 11 is 1.35. The predicted molar refractivity (Wildman–Crippen MR) is 95.1 cm³/mol. The first-order chi connectivity index (χ1) is 12.3. The molecule has 1 aromatic carbocycles. The van der Waals surface area contributed by atoms with E-state index >= 15 is 0 Å². The number of nitrogens with zero attached hydrogens (tertiary/aromatic N) is 4. The van der Waals surface area contributed by atoms with Crippen molar-refractivity contribution >= 4 is 22.4 Å². The minimum Gasteiger partial charge on any atom is -0.333 e. The maximum atomic E-state index is 12.7. The van der Waals surface area contributed by atoms with Crippen molar-refractivity contribution in [3.05, 3.63) is 66.2 Å². The molecular formula is C17H12N6OS. The molecule has 0 saturated carbocycles. The average Bonchev–Trinajstić information content (AvgIpc) is 3.33. The number of benzene rings is 1. The number of H-pyrrole nitrogens is 1. The van der Waals surface area contributed by atoms with Crippen molar-refractivity contribution in [3.8, 4) is 22.8 Å². The first-order valence-electron chi connectivity index (χ1n) is 7.44. The van der Waals surface area contributed by atoms with Crippen molar-refractivity contribution in [3.63, 3.8) is 0 Å². The largest absolute Gasteiger partial charge is 0.333 e. The lowest BCUT2D eigenvalue weighted by molar-refractivity contribution is 0.102. The number of aromatic nitrogens is 5. The minimum absolute atomic E-state index is 0.314. The van der Waals surface area contributed by atoms with Gasteiger partial charge >= 0.3 is 0 Å². The molecule has 0 saturated heterocycles.